The molecule has 2 aromatic rings. The number of hydrogen-bond donors (Lipinski definition) is 2. The summed E-state index contributed by atoms with van der Waals surface area (Å²) in [4.78, 5) is 8.30. The van der Waals surface area contributed by atoms with Crippen LogP contribution in [0.5, 0.6) is 5.75 Å². The van der Waals surface area contributed by atoms with Gasteiger partial charge in [-0.1, -0.05) is 13.0 Å². The summed E-state index contributed by atoms with van der Waals surface area (Å²) in [6.45, 7) is 3.29. The summed E-state index contributed by atoms with van der Waals surface area (Å²) in [5.41, 5.74) is 7.40. The maximum atomic E-state index is 5.67. The van der Waals surface area contributed by atoms with E-state index in [-0.39, 0.29) is 0 Å². The predicted octanol–water partition coefficient (Wildman–Crippen LogP) is 2.11. The summed E-state index contributed by atoms with van der Waals surface area (Å²) in [5, 5.41) is 3.20. The number of ether oxygens (including phenoxy) is 1. The first-order valence-electron chi connectivity index (χ1n) is 6.31. The topological polar surface area (TPSA) is 73.1 Å². The van der Waals surface area contributed by atoms with Crippen molar-refractivity contribution in [2.24, 2.45) is 0 Å². The highest BCUT2D eigenvalue weighted by molar-refractivity contribution is 5.43. The van der Waals surface area contributed by atoms with Crippen LogP contribution in [0.15, 0.2) is 36.7 Å². The summed E-state index contributed by atoms with van der Waals surface area (Å²) in [6.07, 6.45) is 2.47. The van der Waals surface area contributed by atoms with Gasteiger partial charge < -0.3 is 15.8 Å². The van der Waals surface area contributed by atoms with E-state index in [9.17, 15) is 0 Å². The van der Waals surface area contributed by atoms with Gasteiger partial charge in [0, 0.05) is 23.5 Å². The molecular weight excluding hydrogens is 240 g/mol. The van der Waals surface area contributed by atoms with Gasteiger partial charge in [0.05, 0.1) is 6.54 Å². The fourth-order valence-corrected chi connectivity index (χ4v) is 1.64. The predicted molar refractivity (Wildman–Crippen MR) is 76.2 cm³/mol. The molecule has 0 radical (unpaired) electrons. The van der Waals surface area contributed by atoms with Gasteiger partial charge in [-0.15, -0.1) is 0 Å². The second kappa shape index (κ2) is 6.58. The second-order valence-electron chi connectivity index (χ2n) is 4.10. The molecule has 0 unspecified atom stereocenters. The molecule has 0 amide bonds. The number of nitrogen functional groups attached to an aromatic ring is 1. The zero-order chi connectivity index (χ0) is 13.5. The molecule has 0 aliphatic heterocycles. The van der Waals surface area contributed by atoms with Crippen LogP contribution in [0.4, 0.5) is 11.5 Å². The molecule has 19 heavy (non-hydrogen) atoms. The van der Waals surface area contributed by atoms with Gasteiger partial charge in [0.25, 0.3) is 0 Å². The molecule has 100 valence electrons. The number of nitrogens with two attached hydrogens (primary N) is 1. The van der Waals surface area contributed by atoms with E-state index in [1.165, 1.54) is 0 Å². The fraction of sp³-hybridized carbons (Fsp3) is 0.286. The molecule has 5 nitrogen and oxygen atoms in total. The minimum atomic E-state index is 0.551. The van der Waals surface area contributed by atoms with E-state index in [4.69, 9.17) is 10.5 Å². The molecule has 2 rings (SSSR count). The van der Waals surface area contributed by atoms with E-state index < -0.39 is 0 Å². The highest BCUT2D eigenvalue weighted by Crippen LogP contribution is 2.14. The van der Waals surface area contributed by atoms with E-state index in [1.807, 2.05) is 24.3 Å². The number of nitrogens with one attached hydrogen (secondary N) is 1. The molecule has 0 aliphatic carbocycles. The third-order valence-corrected chi connectivity index (χ3v) is 2.62. The Bertz CT molecular complexity index is 530. The molecule has 0 saturated heterocycles. The van der Waals surface area contributed by atoms with E-state index in [0.29, 0.717) is 18.8 Å². The van der Waals surface area contributed by atoms with Crippen LogP contribution in [-0.4, -0.2) is 23.1 Å². The minimum absolute atomic E-state index is 0.551. The van der Waals surface area contributed by atoms with Crippen molar-refractivity contribution in [2.45, 2.75) is 13.3 Å². The highest BCUT2D eigenvalue weighted by Gasteiger charge is 1.97. The van der Waals surface area contributed by atoms with E-state index >= 15 is 0 Å². The molecule has 0 spiro atoms. The van der Waals surface area contributed by atoms with Crippen molar-refractivity contribution in [1.82, 2.24) is 9.97 Å². The Kier molecular flexibility index (Phi) is 4.55. The molecule has 0 atom stereocenters. The first-order chi connectivity index (χ1) is 9.28. The third kappa shape index (κ3) is 4.13. The second-order valence-corrected chi connectivity index (χ2v) is 4.10. The normalized spacial score (nSPS) is 10.2. The van der Waals surface area contributed by atoms with Crippen molar-refractivity contribution < 1.29 is 4.74 Å². The van der Waals surface area contributed by atoms with Gasteiger partial charge in [-0.05, 0) is 18.6 Å². The van der Waals surface area contributed by atoms with Crippen LogP contribution in [0.1, 0.15) is 12.6 Å². The molecule has 0 bridgehead atoms. The summed E-state index contributed by atoms with van der Waals surface area (Å²) < 4.78 is 5.58. The van der Waals surface area contributed by atoms with Crippen molar-refractivity contribution >= 4 is 11.5 Å². The van der Waals surface area contributed by atoms with Gasteiger partial charge in [0.15, 0.2) is 0 Å². The number of benzene rings is 1. The van der Waals surface area contributed by atoms with E-state index in [1.54, 1.807) is 12.4 Å². The summed E-state index contributed by atoms with van der Waals surface area (Å²) in [6, 6.07) is 9.34. The molecule has 5 heteroatoms. The number of hydrogen-bond acceptors (Lipinski definition) is 5. The van der Waals surface area contributed by atoms with Crippen LogP contribution in [0.3, 0.4) is 0 Å². The number of nitrogens with zero attached hydrogens (tertiary/aromatic N) is 2. The lowest BCUT2D eigenvalue weighted by Gasteiger charge is -2.08. The van der Waals surface area contributed by atoms with Crippen molar-refractivity contribution in [2.75, 3.05) is 24.2 Å². The smallest absolute Gasteiger partial charge is 0.129 e. The maximum Gasteiger partial charge on any atom is 0.129 e. The van der Waals surface area contributed by atoms with E-state index in [2.05, 4.69) is 22.2 Å². The standard InChI is InChI=1S/C14H18N4O/c1-2-12-9-14(18-10-17-12)16-6-7-19-13-5-3-4-11(15)8-13/h3-5,8-10H,2,6-7,15H2,1H3,(H,16,17,18). The molecule has 1 aromatic heterocycles. The SMILES string of the molecule is CCc1cc(NCCOc2cccc(N)c2)ncn1. The van der Waals surface area contributed by atoms with Gasteiger partial charge in [-0.2, -0.15) is 0 Å². The Morgan fingerprint density at radius 1 is 1.26 bits per heavy atom. The largest absolute Gasteiger partial charge is 0.492 e. The molecule has 0 saturated carbocycles. The molecule has 0 aliphatic rings. The Morgan fingerprint density at radius 3 is 2.95 bits per heavy atom. The Hall–Kier alpha value is -2.30. The van der Waals surface area contributed by atoms with Gasteiger partial charge >= 0.3 is 0 Å². The summed E-state index contributed by atoms with van der Waals surface area (Å²) in [7, 11) is 0. The van der Waals surface area contributed by atoms with Crippen LogP contribution in [-0.2, 0) is 6.42 Å². The lowest BCUT2D eigenvalue weighted by molar-refractivity contribution is 0.333. The maximum absolute atomic E-state index is 5.67. The van der Waals surface area contributed by atoms with Crippen LogP contribution in [0.2, 0.25) is 0 Å². The molecule has 3 N–H and O–H groups in total. The zero-order valence-electron chi connectivity index (χ0n) is 11.0. The Labute approximate surface area is 112 Å². The van der Waals surface area contributed by atoms with Crippen LogP contribution in [0.25, 0.3) is 0 Å². The monoisotopic (exact) mass is 258 g/mol. The Morgan fingerprint density at radius 2 is 2.16 bits per heavy atom. The average Bonchev–Trinajstić information content (AvgIpc) is 2.44. The fourth-order valence-electron chi connectivity index (χ4n) is 1.64. The number of anilines is 2. The van der Waals surface area contributed by atoms with Gasteiger partial charge in [0.1, 0.15) is 24.5 Å². The minimum Gasteiger partial charge on any atom is -0.492 e. The van der Waals surface area contributed by atoms with Gasteiger partial charge in [-0.3, -0.25) is 0 Å². The molecule has 1 heterocycles. The summed E-state index contributed by atoms with van der Waals surface area (Å²) in [5.74, 6) is 1.60. The molecular formula is C14H18N4O. The van der Waals surface area contributed by atoms with E-state index in [0.717, 1.165) is 23.7 Å². The van der Waals surface area contributed by atoms with Gasteiger partial charge in [-0.25, -0.2) is 9.97 Å². The Balaban J connectivity index is 1.77. The lowest BCUT2D eigenvalue weighted by atomic mass is 10.3. The van der Waals surface area contributed by atoms with Gasteiger partial charge in [0.2, 0.25) is 0 Å². The van der Waals surface area contributed by atoms with Crippen molar-refractivity contribution in [3.05, 3.63) is 42.4 Å². The lowest BCUT2D eigenvalue weighted by Crippen LogP contribution is -2.12. The first-order valence-corrected chi connectivity index (χ1v) is 6.31. The average molecular weight is 258 g/mol. The number of aromatic nitrogens is 2. The number of rotatable bonds is 6. The van der Waals surface area contributed by atoms with Crippen molar-refractivity contribution in [1.29, 1.82) is 0 Å². The molecule has 1 aromatic carbocycles. The van der Waals surface area contributed by atoms with Crippen LogP contribution < -0.4 is 15.8 Å². The van der Waals surface area contributed by atoms with Crippen molar-refractivity contribution in [3.63, 3.8) is 0 Å². The van der Waals surface area contributed by atoms with Crippen molar-refractivity contribution in [3.8, 4) is 5.75 Å². The highest BCUT2D eigenvalue weighted by atomic mass is 16.5. The van der Waals surface area contributed by atoms with Crippen LogP contribution >= 0.6 is 0 Å². The van der Waals surface area contributed by atoms with Crippen LogP contribution in [0, 0.1) is 0 Å². The molecule has 0 fully saturated rings. The zero-order valence-corrected chi connectivity index (χ0v) is 11.0. The quantitative estimate of drug-likeness (QED) is 0.613. The summed E-state index contributed by atoms with van der Waals surface area (Å²) >= 11 is 0. The third-order valence-electron chi connectivity index (χ3n) is 2.62. The number of aryl methyl sites for hydroxylation is 1. The first kappa shape index (κ1) is 13.1.